The lowest BCUT2D eigenvalue weighted by Gasteiger charge is -2.19. The van der Waals surface area contributed by atoms with Crippen LogP contribution in [0.1, 0.15) is 44.6 Å². The van der Waals surface area contributed by atoms with E-state index in [4.69, 9.17) is 4.74 Å². The zero-order valence-electron chi connectivity index (χ0n) is 20.6. The molecule has 4 aromatic rings. The van der Waals surface area contributed by atoms with Gasteiger partial charge in [-0.25, -0.2) is 15.0 Å². The SMILES string of the molecule is CCN(CC)C(=O)CCOc1cccc(C(C)Nc2cc(-c3ccc4ncsc4c3)nc(C)n2)c1. The van der Waals surface area contributed by atoms with Gasteiger partial charge in [-0.3, -0.25) is 4.79 Å². The van der Waals surface area contributed by atoms with E-state index < -0.39 is 0 Å². The highest BCUT2D eigenvalue weighted by atomic mass is 32.1. The van der Waals surface area contributed by atoms with Crippen LogP contribution in [0.25, 0.3) is 21.5 Å². The van der Waals surface area contributed by atoms with Gasteiger partial charge in [0.1, 0.15) is 17.4 Å². The van der Waals surface area contributed by atoms with E-state index in [0.717, 1.165) is 51.7 Å². The fraction of sp³-hybridized carbons (Fsp3) is 0.333. The molecule has 0 bridgehead atoms. The molecule has 2 aromatic heterocycles. The molecule has 0 aliphatic rings. The molecular formula is C27H31N5O2S. The highest BCUT2D eigenvalue weighted by Gasteiger charge is 2.12. The Bertz CT molecular complexity index is 1300. The Morgan fingerprint density at radius 2 is 1.94 bits per heavy atom. The fourth-order valence-electron chi connectivity index (χ4n) is 3.97. The van der Waals surface area contributed by atoms with Gasteiger partial charge in [-0.15, -0.1) is 11.3 Å². The van der Waals surface area contributed by atoms with E-state index in [1.807, 2.05) is 67.6 Å². The maximum atomic E-state index is 12.2. The van der Waals surface area contributed by atoms with E-state index in [2.05, 4.69) is 39.3 Å². The number of ether oxygens (including phenoxy) is 1. The van der Waals surface area contributed by atoms with Gasteiger partial charge in [0.25, 0.3) is 0 Å². The second kappa shape index (κ2) is 11.3. The summed E-state index contributed by atoms with van der Waals surface area (Å²) in [4.78, 5) is 27.6. The number of fused-ring (bicyclic) bond motifs is 1. The summed E-state index contributed by atoms with van der Waals surface area (Å²) in [5, 5.41) is 3.50. The highest BCUT2D eigenvalue weighted by Crippen LogP contribution is 2.28. The van der Waals surface area contributed by atoms with Gasteiger partial charge in [0.05, 0.1) is 40.5 Å². The summed E-state index contributed by atoms with van der Waals surface area (Å²) in [5.41, 5.74) is 5.84. The second-order valence-corrected chi connectivity index (χ2v) is 9.21. The molecule has 0 fully saturated rings. The first-order valence-corrected chi connectivity index (χ1v) is 12.8. The van der Waals surface area contributed by atoms with E-state index in [-0.39, 0.29) is 11.9 Å². The van der Waals surface area contributed by atoms with Crippen LogP contribution in [0.2, 0.25) is 0 Å². The van der Waals surface area contributed by atoms with Crippen LogP contribution in [0, 0.1) is 6.92 Å². The van der Waals surface area contributed by atoms with Crippen molar-refractivity contribution in [1.29, 1.82) is 0 Å². The average Bonchev–Trinajstić information content (AvgIpc) is 3.33. The summed E-state index contributed by atoms with van der Waals surface area (Å²) >= 11 is 1.62. The Hall–Kier alpha value is -3.52. The molecule has 1 N–H and O–H groups in total. The lowest BCUT2D eigenvalue weighted by Crippen LogP contribution is -2.31. The highest BCUT2D eigenvalue weighted by molar-refractivity contribution is 7.16. The third-order valence-electron chi connectivity index (χ3n) is 5.89. The van der Waals surface area contributed by atoms with Crippen molar-refractivity contribution in [1.82, 2.24) is 19.9 Å². The topological polar surface area (TPSA) is 80.2 Å². The molecule has 0 radical (unpaired) electrons. The minimum absolute atomic E-state index is 0.00184. The van der Waals surface area contributed by atoms with Gasteiger partial charge in [-0.05, 0) is 57.5 Å². The predicted molar refractivity (Wildman–Crippen MR) is 142 cm³/mol. The summed E-state index contributed by atoms with van der Waals surface area (Å²) in [5.74, 6) is 2.34. The Labute approximate surface area is 210 Å². The lowest BCUT2D eigenvalue weighted by atomic mass is 10.1. The number of nitrogens with one attached hydrogen (secondary N) is 1. The van der Waals surface area contributed by atoms with Crippen LogP contribution >= 0.6 is 11.3 Å². The summed E-state index contributed by atoms with van der Waals surface area (Å²) < 4.78 is 7.01. The molecule has 1 unspecified atom stereocenters. The lowest BCUT2D eigenvalue weighted by molar-refractivity contribution is -0.131. The van der Waals surface area contributed by atoms with Crippen molar-refractivity contribution in [3.05, 3.63) is 65.4 Å². The summed E-state index contributed by atoms with van der Waals surface area (Å²) in [6, 6.07) is 16.1. The van der Waals surface area contributed by atoms with E-state index >= 15 is 0 Å². The number of amides is 1. The largest absolute Gasteiger partial charge is 0.493 e. The van der Waals surface area contributed by atoms with Gasteiger partial charge in [0.15, 0.2) is 0 Å². The van der Waals surface area contributed by atoms with E-state index in [1.165, 1.54) is 0 Å². The first-order chi connectivity index (χ1) is 17.0. The first kappa shape index (κ1) is 24.6. The number of benzene rings is 2. The molecule has 2 aromatic carbocycles. The third kappa shape index (κ3) is 6.14. The van der Waals surface area contributed by atoms with Crippen molar-refractivity contribution in [3.63, 3.8) is 0 Å². The molecule has 8 heteroatoms. The summed E-state index contributed by atoms with van der Waals surface area (Å²) in [6.45, 7) is 9.77. The Morgan fingerprint density at radius 1 is 1.11 bits per heavy atom. The zero-order chi connectivity index (χ0) is 24.8. The molecule has 0 aliphatic heterocycles. The molecule has 0 aliphatic carbocycles. The number of rotatable bonds is 10. The van der Waals surface area contributed by atoms with Gasteiger partial charge in [0.2, 0.25) is 5.91 Å². The molecule has 0 spiro atoms. The standard InChI is InChI=1S/C27H31N5O2S/c1-5-32(6-2)27(33)12-13-34-22-9-7-8-20(14-22)18(3)29-26-16-24(30-19(4)31-26)21-10-11-23-25(15-21)35-17-28-23/h7-11,14-18H,5-6,12-13H2,1-4H3,(H,29,30,31). The summed E-state index contributed by atoms with van der Waals surface area (Å²) in [6.07, 6.45) is 0.371. The number of hydrogen-bond acceptors (Lipinski definition) is 7. The fourth-order valence-corrected chi connectivity index (χ4v) is 4.69. The number of nitrogens with zero attached hydrogens (tertiary/aromatic N) is 4. The maximum absolute atomic E-state index is 12.2. The molecule has 0 saturated carbocycles. The number of carbonyl (C=O) groups excluding carboxylic acids is 1. The number of thiazole rings is 1. The van der Waals surface area contributed by atoms with Gasteiger partial charge >= 0.3 is 0 Å². The molecule has 0 saturated heterocycles. The Morgan fingerprint density at radius 3 is 2.74 bits per heavy atom. The molecule has 2 heterocycles. The van der Waals surface area contributed by atoms with Crippen LogP contribution in [-0.2, 0) is 4.79 Å². The molecule has 4 rings (SSSR count). The normalized spacial score (nSPS) is 11.9. The monoisotopic (exact) mass is 489 g/mol. The Kier molecular flexibility index (Phi) is 7.92. The van der Waals surface area contributed by atoms with E-state index in [9.17, 15) is 4.79 Å². The first-order valence-electron chi connectivity index (χ1n) is 11.9. The van der Waals surface area contributed by atoms with Gasteiger partial charge in [-0.2, -0.15) is 0 Å². The van der Waals surface area contributed by atoms with E-state index in [1.54, 1.807) is 11.3 Å². The van der Waals surface area contributed by atoms with Crippen LogP contribution in [-0.4, -0.2) is 45.5 Å². The predicted octanol–water partition coefficient (Wildman–Crippen LogP) is 5.87. The van der Waals surface area contributed by atoms with Crippen molar-refractivity contribution in [2.24, 2.45) is 0 Å². The van der Waals surface area contributed by atoms with Crippen LogP contribution in [0.4, 0.5) is 5.82 Å². The summed E-state index contributed by atoms with van der Waals surface area (Å²) in [7, 11) is 0. The number of aryl methyl sites for hydroxylation is 1. The average molecular weight is 490 g/mol. The van der Waals surface area contributed by atoms with Gasteiger partial charge < -0.3 is 15.0 Å². The Balaban J connectivity index is 1.43. The number of anilines is 1. The minimum atomic E-state index is 0.00184. The van der Waals surface area contributed by atoms with Crippen LogP contribution in [0.15, 0.2) is 54.0 Å². The van der Waals surface area contributed by atoms with Crippen LogP contribution in [0.3, 0.4) is 0 Å². The molecule has 35 heavy (non-hydrogen) atoms. The van der Waals surface area contributed by atoms with Crippen molar-refractivity contribution in [2.75, 3.05) is 25.0 Å². The van der Waals surface area contributed by atoms with Crippen molar-refractivity contribution < 1.29 is 9.53 Å². The van der Waals surface area contributed by atoms with Crippen molar-refractivity contribution >= 4 is 33.3 Å². The smallest absolute Gasteiger partial charge is 0.225 e. The number of carbonyl (C=O) groups is 1. The van der Waals surface area contributed by atoms with E-state index in [0.29, 0.717) is 18.9 Å². The number of hydrogen-bond donors (Lipinski definition) is 1. The maximum Gasteiger partial charge on any atom is 0.225 e. The van der Waals surface area contributed by atoms with Crippen LogP contribution in [0.5, 0.6) is 5.75 Å². The molecule has 1 atom stereocenters. The molecule has 7 nitrogen and oxygen atoms in total. The number of aromatic nitrogens is 3. The van der Waals surface area contributed by atoms with Gasteiger partial charge in [-0.1, -0.05) is 18.2 Å². The zero-order valence-corrected chi connectivity index (χ0v) is 21.4. The molecule has 1 amide bonds. The second-order valence-electron chi connectivity index (χ2n) is 8.32. The quantitative estimate of drug-likeness (QED) is 0.300. The molecule has 182 valence electrons. The van der Waals surface area contributed by atoms with Crippen molar-refractivity contribution in [3.8, 4) is 17.0 Å². The van der Waals surface area contributed by atoms with Gasteiger partial charge in [0, 0.05) is 24.7 Å². The third-order valence-corrected chi connectivity index (χ3v) is 6.68. The van der Waals surface area contributed by atoms with Crippen molar-refractivity contribution in [2.45, 2.75) is 40.2 Å². The minimum Gasteiger partial charge on any atom is -0.493 e. The van der Waals surface area contributed by atoms with Crippen LogP contribution < -0.4 is 10.1 Å². The molecular weight excluding hydrogens is 458 g/mol.